The van der Waals surface area contributed by atoms with Crippen LogP contribution in [0.5, 0.6) is 0 Å². The predicted molar refractivity (Wildman–Crippen MR) is 75.4 cm³/mol. The van der Waals surface area contributed by atoms with Crippen LogP contribution < -0.4 is 11.5 Å². The van der Waals surface area contributed by atoms with Crippen LogP contribution in [0, 0.1) is 0 Å². The van der Waals surface area contributed by atoms with E-state index >= 15 is 0 Å². The zero-order valence-electron chi connectivity index (χ0n) is 11.1. The summed E-state index contributed by atoms with van der Waals surface area (Å²) >= 11 is 0. The summed E-state index contributed by atoms with van der Waals surface area (Å²) in [4.78, 5) is 2.48. The van der Waals surface area contributed by atoms with Crippen molar-refractivity contribution in [3.05, 3.63) is 23.8 Å². The molecule has 0 radical (unpaired) electrons. The molecule has 2 rings (SSSR count). The molecule has 4 nitrogen and oxygen atoms in total. The standard InChI is InChI=1S/C14H23N3O/c1-2-11(17-6-8-18-9-7-17)10-12-13(15)4-3-5-14(12)16/h3-5,11H,2,6-10,15-16H2,1H3. The number of hydrogen-bond donors (Lipinski definition) is 2. The van der Waals surface area contributed by atoms with Gasteiger partial charge in [-0.15, -0.1) is 0 Å². The van der Waals surface area contributed by atoms with Gasteiger partial charge in [0.1, 0.15) is 0 Å². The maximum Gasteiger partial charge on any atom is 0.0594 e. The molecule has 1 aliphatic rings. The van der Waals surface area contributed by atoms with Gasteiger partial charge in [-0.2, -0.15) is 0 Å². The Kier molecular flexibility index (Phi) is 4.44. The second-order valence-electron chi connectivity index (χ2n) is 4.83. The SMILES string of the molecule is CCC(Cc1c(N)cccc1N)N1CCOCC1. The van der Waals surface area contributed by atoms with E-state index in [1.165, 1.54) is 0 Å². The summed E-state index contributed by atoms with van der Waals surface area (Å²) in [5.41, 5.74) is 14.8. The van der Waals surface area contributed by atoms with Gasteiger partial charge in [-0.05, 0) is 30.5 Å². The van der Waals surface area contributed by atoms with Crippen molar-refractivity contribution < 1.29 is 4.74 Å². The molecule has 4 heteroatoms. The number of morpholine rings is 1. The molecule has 4 N–H and O–H groups in total. The largest absolute Gasteiger partial charge is 0.398 e. The molecular formula is C14H23N3O. The lowest BCUT2D eigenvalue weighted by molar-refractivity contribution is 0.0159. The Balaban J connectivity index is 2.09. The molecule has 0 saturated carbocycles. The molecule has 1 saturated heterocycles. The van der Waals surface area contributed by atoms with E-state index in [0.717, 1.165) is 56.1 Å². The van der Waals surface area contributed by atoms with Crippen LogP contribution >= 0.6 is 0 Å². The highest BCUT2D eigenvalue weighted by Crippen LogP contribution is 2.23. The first-order valence-electron chi connectivity index (χ1n) is 6.67. The monoisotopic (exact) mass is 249 g/mol. The van der Waals surface area contributed by atoms with Gasteiger partial charge in [0.2, 0.25) is 0 Å². The zero-order valence-corrected chi connectivity index (χ0v) is 11.1. The lowest BCUT2D eigenvalue weighted by Crippen LogP contribution is -2.44. The second-order valence-corrected chi connectivity index (χ2v) is 4.83. The molecule has 1 aromatic rings. The number of hydrogen-bond acceptors (Lipinski definition) is 4. The molecule has 0 amide bonds. The minimum atomic E-state index is 0.501. The third-order valence-electron chi connectivity index (χ3n) is 3.72. The molecule has 0 aliphatic carbocycles. The van der Waals surface area contributed by atoms with Gasteiger partial charge in [-0.25, -0.2) is 0 Å². The highest BCUT2D eigenvalue weighted by Gasteiger charge is 2.21. The van der Waals surface area contributed by atoms with E-state index in [1.54, 1.807) is 0 Å². The van der Waals surface area contributed by atoms with Crippen LogP contribution in [0.2, 0.25) is 0 Å². The Labute approximate surface area is 109 Å². The molecular weight excluding hydrogens is 226 g/mol. The number of nitrogens with zero attached hydrogens (tertiary/aromatic N) is 1. The van der Waals surface area contributed by atoms with Gasteiger partial charge in [-0.1, -0.05) is 13.0 Å². The molecule has 0 bridgehead atoms. The van der Waals surface area contributed by atoms with Crippen molar-refractivity contribution in [3.63, 3.8) is 0 Å². The van der Waals surface area contributed by atoms with Gasteiger partial charge in [0.15, 0.2) is 0 Å². The van der Waals surface area contributed by atoms with Crippen molar-refractivity contribution >= 4 is 11.4 Å². The molecule has 1 heterocycles. The van der Waals surface area contributed by atoms with Crippen molar-refractivity contribution in [1.82, 2.24) is 4.90 Å². The van der Waals surface area contributed by atoms with Crippen LogP contribution in [-0.2, 0) is 11.2 Å². The van der Waals surface area contributed by atoms with E-state index in [4.69, 9.17) is 16.2 Å². The molecule has 18 heavy (non-hydrogen) atoms. The number of anilines is 2. The van der Waals surface area contributed by atoms with Crippen molar-refractivity contribution in [2.75, 3.05) is 37.8 Å². The van der Waals surface area contributed by atoms with E-state index in [9.17, 15) is 0 Å². The van der Waals surface area contributed by atoms with Crippen molar-refractivity contribution in [2.24, 2.45) is 0 Å². The molecule has 1 atom stereocenters. The Morgan fingerprint density at radius 1 is 1.22 bits per heavy atom. The predicted octanol–water partition coefficient (Wildman–Crippen LogP) is 1.50. The average molecular weight is 249 g/mol. The fourth-order valence-electron chi connectivity index (χ4n) is 2.57. The minimum absolute atomic E-state index is 0.501. The second kappa shape index (κ2) is 6.07. The van der Waals surface area contributed by atoms with Crippen LogP contribution in [0.15, 0.2) is 18.2 Å². The lowest BCUT2D eigenvalue weighted by Gasteiger charge is -2.34. The van der Waals surface area contributed by atoms with Crippen molar-refractivity contribution in [3.8, 4) is 0 Å². The Morgan fingerprint density at radius 3 is 2.39 bits per heavy atom. The average Bonchev–Trinajstić information content (AvgIpc) is 2.40. The van der Waals surface area contributed by atoms with Crippen LogP contribution in [-0.4, -0.2) is 37.2 Å². The number of rotatable bonds is 4. The first-order chi connectivity index (χ1) is 8.72. The highest BCUT2D eigenvalue weighted by molar-refractivity contribution is 5.61. The van der Waals surface area contributed by atoms with Crippen LogP contribution in [0.25, 0.3) is 0 Å². The van der Waals surface area contributed by atoms with Crippen LogP contribution in [0.4, 0.5) is 11.4 Å². The third-order valence-corrected chi connectivity index (χ3v) is 3.72. The van der Waals surface area contributed by atoms with E-state index in [2.05, 4.69) is 11.8 Å². The number of ether oxygens (including phenoxy) is 1. The topological polar surface area (TPSA) is 64.5 Å². The highest BCUT2D eigenvalue weighted by atomic mass is 16.5. The summed E-state index contributed by atoms with van der Waals surface area (Å²) in [5.74, 6) is 0. The Bertz CT molecular complexity index is 368. The summed E-state index contributed by atoms with van der Waals surface area (Å²) in [5, 5.41) is 0. The zero-order chi connectivity index (χ0) is 13.0. The van der Waals surface area contributed by atoms with Gasteiger partial charge < -0.3 is 16.2 Å². The quantitative estimate of drug-likeness (QED) is 0.794. The van der Waals surface area contributed by atoms with Gasteiger partial charge in [0, 0.05) is 30.5 Å². The summed E-state index contributed by atoms with van der Waals surface area (Å²) in [6, 6.07) is 6.26. The Hall–Kier alpha value is -1.26. The molecule has 100 valence electrons. The van der Waals surface area contributed by atoms with E-state index in [-0.39, 0.29) is 0 Å². The number of nitrogen functional groups attached to an aromatic ring is 2. The normalized spacial score (nSPS) is 18.7. The molecule has 0 spiro atoms. The van der Waals surface area contributed by atoms with Gasteiger partial charge in [0.05, 0.1) is 13.2 Å². The summed E-state index contributed by atoms with van der Waals surface area (Å²) in [6.45, 7) is 5.89. The van der Waals surface area contributed by atoms with Crippen molar-refractivity contribution in [2.45, 2.75) is 25.8 Å². The molecule has 1 aromatic carbocycles. The minimum Gasteiger partial charge on any atom is -0.398 e. The van der Waals surface area contributed by atoms with Crippen LogP contribution in [0.3, 0.4) is 0 Å². The fourth-order valence-corrected chi connectivity index (χ4v) is 2.57. The summed E-state index contributed by atoms with van der Waals surface area (Å²) < 4.78 is 5.40. The third kappa shape index (κ3) is 2.94. The first kappa shape index (κ1) is 13.2. The van der Waals surface area contributed by atoms with Gasteiger partial charge in [-0.3, -0.25) is 4.90 Å². The van der Waals surface area contributed by atoms with Crippen LogP contribution in [0.1, 0.15) is 18.9 Å². The Morgan fingerprint density at radius 2 is 1.83 bits per heavy atom. The molecule has 1 aliphatic heterocycles. The van der Waals surface area contributed by atoms with E-state index < -0.39 is 0 Å². The summed E-state index contributed by atoms with van der Waals surface area (Å²) in [6.07, 6.45) is 2.03. The smallest absolute Gasteiger partial charge is 0.0594 e. The van der Waals surface area contributed by atoms with E-state index in [1.807, 2.05) is 18.2 Å². The lowest BCUT2D eigenvalue weighted by atomic mass is 9.99. The van der Waals surface area contributed by atoms with Crippen molar-refractivity contribution in [1.29, 1.82) is 0 Å². The van der Waals surface area contributed by atoms with Gasteiger partial charge in [0.25, 0.3) is 0 Å². The van der Waals surface area contributed by atoms with Gasteiger partial charge >= 0.3 is 0 Å². The van der Waals surface area contributed by atoms with E-state index in [0.29, 0.717) is 6.04 Å². The fraction of sp³-hybridized carbons (Fsp3) is 0.571. The summed E-state index contributed by atoms with van der Waals surface area (Å²) in [7, 11) is 0. The molecule has 1 unspecified atom stereocenters. The first-order valence-corrected chi connectivity index (χ1v) is 6.67. The molecule has 1 fully saturated rings. The number of nitrogens with two attached hydrogens (primary N) is 2. The maximum absolute atomic E-state index is 6.03. The maximum atomic E-state index is 6.03. The molecule has 0 aromatic heterocycles. The number of benzene rings is 1.